The molecule has 5 heterocycles. The maximum absolute atomic E-state index is 12.7. The highest BCUT2D eigenvalue weighted by Gasteiger charge is 2.43. The number of thiazole rings is 1. The third-order valence-electron chi connectivity index (χ3n) is 5.88. The molecule has 8 heteroatoms. The molecular formula is C20H22N6OS. The summed E-state index contributed by atoms with van der Waals surface area (Å²) in [4.78, 5) is 19.3. The van der Waals surface area contributed by atoms with Crippen LogP contribution in [0.25, 0.3) is 11.3 Å². The van der Waals surface area contributed by atoms with Crippen LogP contribution in [-0.2, 0) is 11.3 Å². The highest BCUT2D eigenvalue weighted by molar-refractivity contribution is 7.13. The molecule has 3 saturated heterocycles. The van der Waals surface area contributed by atoms with Crippen LogP contribution in [0.5, 0.6) is 0 Å². The van der Waals surface area contributed by atoms with Crippen molar-refractivity contribution in [3.8, 4) is 11.3 Å². The monoisotopic (exact) mass is 394 g/mol. The zero-order valence-corrected chi connectivity index (χ0v) is 16.3. The average molecular weight is 395 g/mol. The Balaban J connectivity index is 1.23. The Morgan fingerprint density at radius 2 is 2.18 bits per heavy atom. The van der Waals surface area contributed by atoms with Gasteiger partial charge >= 0.3 is 0 Å². The predicted molar refractivity (Wildman–Crippen MR) is 108 cm³/mol. The van der Waals surface area contributed by atoms with Crippen molar-refractivity contribution in [3.63, 3.8) is 0 Å². The molecule has 144 valence electrons. The third-order valence-corrected chi connectivity index (χ3v) is 6.57. The summed E-state index contributed by atoms with van der Waals surface area (Å²) in [6.07, 6.45) is 5.84. The number of amides is 1. The van der Waals surface area contributed by atoms with Gasteiger partial charge in [0.15, 0.2) is 5.13 Å². The lowest BCUT2D eigenvalue weighted by molar-refractivity contribution is -0.127. The number of anilines is 1. The van der Waals surface area contributed by atoms with E-state index in [0.29, 0.717) is 17.1 Å². The van der Waals surface area contributed by atoms with Gasteiger partial charge in [0.25, 0.3) is 0 Å². The number of rotatable bonds is 5. The smallest absolute Gasteiger partial charge is 0.230 e. The SMILES string of the molecule is O=C(Nc1nccs1)[C@H]1CN2CCC1C[C@@H]2Cn1cc(-c2ccccc2)nn1. The van der Waals surface area contributed by atoms with Crippen molar-refractivity contribution in [1.29, 1.82) is 0 Å². The predicted octanol–water partition coefficient (Wildman–Crippen LogP) is 2.75. The molecule has 0 radical (unpaired) electrons. The number of carbonyl (C=O) groups is 1. The molecular weight excluding hydrogens is 372 g/mol. The summed E-state index contributed by atoms with van der Waals surface area (Å²) in [6.45, 7) is 2.68. The van der Waals surface area contributed by atoms with Gasteiger partial charge < -0.3 is 5.32 Å². The second-order valence-electron chi connectivity index (χ2n) is 7.56. The van der Waals surface area contributed by atoms with E-state index in [2.05, 4.69) is 25.5 Å². The molecule has 2 bridgehead atoms. The van der Waals surface area contributed by atoms with Crippen LogP contribution in [0.15, 0.2) is 48.1 Å². The fourth-order valence-electron chi connectivity index (χ4n) is 4.45. The molecule has 1 N–H and O–H groups in total. The number of hydrogen-bond acceptors (Lipinski definition) is 6. The van der Waals surface area contributed by atoms with E-state index in [0.717, 1.165) is 43.7 Å². The summed E-state index contributed by atoms with van der Waals surface area (Å²) in [7, 11) is 0. The summed E-state index contributed by atoms with van der Waals surface area (Å²) >= 11 is 1.46. The van der Waals surface area contributed by atoms with Crippen molar-refractivity contribution in [2.75, 3.05) is 18.4 Å². The molecule has 3 aliphatic heterocycles. The lowest BCUT2D eigenvalue weighted by Gasteiger charge is -2.49. The molecule has 3 aliphatic rings. The second-order valence-corrected chi connectivity index (χ2v) is 8.45. The Morgan fingerprint density at radius 3 is 2.93 bits per heavy atom. The molecule has 6 rings (SSSR count). The van der Waals surface area contributed by atoms with Crippen molar-refractivity contribution >= 4 is 22.4 Å². The molecule has 3 aromatic rings. The van der Waals surface area contributed by atoms with Crippen molar-refractivity contribution in [2.24, 2.45) is 11.8 Å². The fraction of sp³-hybridized carbons (Fsp3) is 0.400. The van der Waals surface area contributed by atoms with E-state index >= 15 is 0 Å². The van der Waals surface area contributed by atoms with Crippen molar-refractivity contribution in [2.45, 2.75) is 25.4 Å². The van der Waals surface area contributed by atoms with Gasteiger partial charge in [-0.15, -0.1) is 16.4 Å². The highest BCUT2D eigenvalue weighted by atomic mass is 32.1. The summed E-state index contributed by atoms with van der Waals surface area (Å²) in [5.41, 5.74) is 1.98. The Bertz CT molecular complexity index is 941. The average Bonchev–Trinajstić information content (AvgIpc) is 3.41. The van der Waals surface area contributed by atoms with Gasteiger partial charge in [0.05, 0.1) is 18.7 Å². The normalized spacial score (nSPS) is 26.3. The first-order chi connectivity index (χ1) is 13.8. The van der Waals surface area contributed by atoms with Crippen LogP contribution in [0.3, 0.4) is 0 Å². The molecule has 1 amide bonds. The maximum Gasteiger partial charge on any atom is 0.230 e. The molecule has 7 nitrogen and oxygen atoms in total. The van der Waals surface area contributed by atoms with Crippen LogP contribution in [0.2, 0.25) is 0 Å². The Morgan fingerprint density at radius 1 is 1.29 bits per heavy atom. The minimum atomic E-state index is 0.0459. The van der Waals surface area contributed by atoms with Gasteiger partial charge in [-0.25, -0.2) is 4.98 Å². The maximum atomic E-state index is 12.7. The topological polar surface area (TPSA) is 75.9 Å². The third kappa shape index (κ3) is 3.45. The second kappa shape index (κ2) is 7.44. The minimum Gasteiger partial charge on any atom is -0.302 e. The first kappa shape index (κ1) is 17.5. The van der Waals surface area contributed by atoms with E-state index < -0.39 is 0 Å². The number of piperidine rings is 3. The lowest BCUT2D eigenvalue weighted by Crippen LogP contribution is -2.57. The number of fused-ring (bicyclic) bond motifs is 3. The standard InChI is InChI=1S/C20H22N6OS/c27-19(22-20-21-7-9-28-20)17-12-25-8-6-15(17)10-16(25)11-26-13-18(23-24-26)14-4-2-1-3-5-14/h1-5,7,9,13,15-17H,6,8,10-12H2,(H,21,22,27)/t15?,16-,17+/m1/s1. The number of benzene rings is 1. The lowest BCUT2D eigenvalue weighted by atomic mass is 9.75. The molecule has 0 spiro atoms. The van der Waals surface area contributed by atoms with Crippen LogP contribution in [0, 0.1) is 11.8 Å². The Kier molecular flexibility index (Phi) is 4.66. The van der Waals surface area contributed by atoms with Gasteiger partial charge in [0.2, 0.25) is 5.91 Å². The first-order valence-electron chi connectivity index (χ1n) is 9.66. The first-order valence-corrected chi connectivity index (χ1v) is 10.5. The number of carbonyl (C=O) groups excluding carboxylic acids is 1. The largest absolute Gasteiger partial charge is 0.302 e. The number of nitrogens with one attached hydrogen (secondary N) is 1. The summed E-state index contributed by atoms with van der Waals surface area (Å²) < 4.78 is 1.94. The van der Waals surface area contributed by atoms with Gasteiger partial charge in [-0.2, -0.15) is 0 Å². The Hall–Kier alpha value is -2.58. The number of aromatic nitrogens is 4. The summed E-state index contributed by atoms with van der Waals surface area (Å²) in [5, 5.41) is 14.2. The zero-order valence-electron chi connectivity index (χ0n) is 15.4. The van der Waals surface area contributed by atoms with Crippen molar-refractivity contribution in [3.05, 3.63) is 48.1 Å². The molecule has 2 aromatic heterocycles. The van der Waals surface area contributed by atoms with Gasteiger partial charge in [-0.05, 0) is 25.3 Å². The fourth-order valence-corrected chi connectivity index (χ4v) is 4.98. The number of nitrogens with zero attached hydrogens (tertiary/aromatic N) is 5. The van der Waals surface area contributed by atoms with E-state index in [-0.39, 0.29) is 11.8 Å². The Labute approximate surface area is 167 Å². The van der Waals surface area contributed by atoms with Crippen LogP contribution < -0.4 is 5.32 Å². The van der Waals surface area contributed by atoms with E-state index in [1.54, 1.807) is 6.20 Å². The van der Waals surface area contributed by atoms with E-state index in [1.165, 1.54) is 11.3 Å². The molecule has 0 saturated carbocycles. The highest BCUT2D eigenvalue weighted by Crippen LogP contribution is 2.37. The molecule has 3 fully saturated rings. The quantitative estimate of drug-likeness (QED) is 0.720. The number of hydrogen-bond donors (Lipinski definition) is 1. The molecule has 28 heavy (non-hydrogen) atoms. The van der Waals surface area contributed by atoms with Crippen LogP contribution in [0.1, 0.15) is 12.8 Å². The van der Waals surface area contributed by atoms with Crippen molar-refractivity contribution < 1.29 is 4.79 Å². The summed E-state index contributed by atoms with van der Waals surface area (Å²) in [5.74, 6) is 0.576. The van der Waals surface area contributed by atoms with Gasteiger partial charge in [-0.1, -0.05) is 35.5 Å². The van der Waals surface area contributed by atoms with Gasteiger partial charge in [0, 0.05) is 29.7 Å². The van der Waals surface area contributed by atoms with E-state index in [1.807, 2.05) is 46.6 Å². The van der Waals surface area contributed by atoms with E-state index in [9.17, 15) is 4.79 Å². The van der Waals surface area contributed by atoms with Crippen LogP contribution in [0.4, 0.5) is 5.13 Å². The molecule has 4 atom stereocenters. The van der Waals surface area contributed by atoms with Crippen LogP contribution in [-0.4, -0.2) is 49.9 Å². The zero-order chi connectivity index (χ0) is 18.9. The van der Waals surface area contributed by atoms with Crippen molar-refractivity contribution in [1.82, 2.24) is 24.9 Å². The van der Waals surface area contributed by atoms with Crippen LogP contribution >= 0.6 is 11.3 Å². The van der Waals surface area contributed by atoms with Gasteiger partial charge in [0.1, 0.15) is 5.69 Å². The van der Waals surface area contributed by atoms with E-state index in [4.69, 9.17) is 0 Å². The molecule has 2 unspecified atom stereocenters. The minimum absolute atomic E-state index is 0.0459. The molecule has 0 aliphatic carbocycles. The van der Waals surface area contributed by atoms with Gasteiger partial charge in [-0.3, -0.25) is 14.4 Å². The summed E-state index contributed by atoms with van der Waals surface area (Å²) in [6, 6.07) is 10.5. The molecule has 1 aromatic carbocycles.